The van der Waals surface area contributed by atoms with Gasteiger partial charge >= 0.3 is 11.9 Å². The lowest BCUT2D eigenvalue weighted by Crippen LogP contribution is -2.17. The maximum absolute atomic E-state index is 13.5. The van der Waals surface area contributed by atoms with Crippen molar-refractivity contribution in [2.75, 3.05) is 0 Å². The molecule has 1 aromatic carbocycles. The predicted octanol–water partition coefficient (Wildman–Crippen LogP) is 3.65. The third kappa shape index (κ3) is 2.96. The molecule has 0 aliphatic rings. The first-order chi connectivity index (χ1) is 8.88. The van der Waals surface area contributed by atoms with Gasteiger partial charge in [-0.2, -0.15) is 8.78 Å². The summed E-state index contributed by atoms with van der Waals surface area (Å²) in [5.74, 6) is -6.25. The van der Waals surface area contributed by atoms with Crippen LogP contribution in [-0.4, -0.2) is 11.1 Å². The molecule has 0 amide bonds. The maximum Gasteiger partial charge on any atom is 0.315 e. The lowest BCUT2D eigenvalue weighted by atomic mass is 10.1. The van der Waals surface area contributed by atoms with Gasteiger partial charge in [0.25, 0.3) is 0 Å². The summed E-state index contributed by atoms with van der Waals surface area (Å²) < 4.78 is 44.6. The number of carboxylic acid groups (broad SMARTS) is 1. The third-order valence-electron chi connectivity index (χ3n) is 2.47. The second-order valence-corrected chi connectivity index (χ2v) is 3.95. The largest absolute Gasteiger partial charge is 0.481 e. The van der Waals surface area contributed by atoms with Crippen LogP contribution in [0.3, 0.4) is 0 Å². The number of aliphatic carboxylic acids is 1. The van der Waals surface area contributed by atoms with Crippen LogP contribution in [0.2, 0.25) is 0 Å². The summed E-state index contributed by atoms with van der Waals surface area (Å²) in [6, 6.07) is 7.42. The number of carbonyl (C=O) groups is 1. The highest BCUT2D eigenvalue weighted by Gasteiger charge is 2.38. The molecule has 1 aromatic heterocycles. The minimum atomic E-state index is -3.58. The van der Waals surface area contributed by atoms with E-state index in [4.69, 9.17) is 9.52 Å². The monoisotopic (exact) mass is 270 g/mol. The molecule has 2 rings (SSSR count). The van der Waals surface area contributed by atoms with Crippen molar-refractivity contribution in [3.05, 3.63) is 48.0 Å². The third-order valence-corrected chi connectivity index (χ3v) is 2.47. The Morgan fingerprint density at radius 3 is 2.37 bits per heavy atom. The molecular weight excluding hydrogens is 261 g/mol. The van der Waals surface area contributed by atoms with E-state index in [1.165, 1.54) is 30.3 Å². The molecule has 100 valence electrons. The fourth-order valence-electron chi connectivity index (χ4n) is 1.58. The summed E-state index contributed by atoms with van der Waals surface area (Å²) in [4.78, 5) is 10.3. The van der Waals surface area contributed by atoms with Crippen LogP contribution in [0.25, 0.3) is 11.3 Å². The van der Waals surface area contributed by atoms with Crippen molar-refractivity contribution < 1.29 is 27.5 Å². The van der Waals surface area contributed by atoms with Crippen LogP contribution in [0.1, 0.15) is 12.2 Å². The van der Waals surface area contributed by atoms with Gasteiger partial charge < -0.3 is 9.52 Å². The molecule has 1 heterocycles. The van der Waals surface area contributed by atoms with Gasteiger partial charge in [0.15, 0.2) is 5.76 Å². The molecule has 2 aromatic rings. The van der Waals surface area contributed by atoms with Gasteiger partial charge in [-0.25, -0.2) is 4.39 Å². The van der Waals surface area contributed by atoms with Crippen molar-refractivity contribution in [3.63, 3.8) is 0 Å². The second-order valence-electron chi connectivity index (χ2n) is 3.95. The summed E-state index contributed by atoms with van der Waals surface area (Å²) in [5.41, 5.74) is 0.429. The SMILES string of the molecule is O=C(O)CC(F)(F)c1ccc(-c2ccc(F)cc2)o1. The first-order valence-corrected chi connectivity index (χ1v) is 5.34. The molecule has 0 radical (unpaired) electrons. The van der Waals surface area contributed by atoms with E-state index >= 15 is 0 Å². The fourth-order valence-corrected chi connectivity index (χ4v) is 1.58. The Hall–Kier alpha value is -2.24. The van der Waals surface area contributed by atoms with E-state index in [-0.39, 0.29) is 5.76 Å². The minimum Gasteiger partial charge on any atom is -0.481 e. The Kier molecular flexibility index (Phi) is 3.33. The summed E-state index contributed by atoms with van der Waals surface area (Å²) in [6.45, 7) is 0. The average molecular weight is 270 g/mol. The molecule has 0 unspecified atom stereocenters. The van der Waals surface area contributed by atoms with Gasteiger partial charge in [0.05, 0.1) is 0 Å². The van der Waals surface area contributed by atoms with Gasteiger partial charge in [-0.15, -0.1) is 0 Å². The zero-order valence-corrected chi connectivity index (χ0v) is 9.57. The highest BCUT2D eigenvalue weighted by molar-refractivity contribution is 5.68. The molecule has 0 aliphatic heterocycles. The van der Waals surface area contributed by atoms with E-state index < -0.39 is 29.9 Å². The van der Waals surface area contributed by atoms with Crippen LogP contribution in [0.4, 0.5) is 13.2 Å². The van der Waals surface area contributed by atoms with Crippen molar-refractivity contribution in [3.8, 4) is 11.3 Å². The van der Waals surface area contributed by atoms with Crippen LogP contribution in [0.5, 0.6) is 0 Å². The summed E-state index contributed by atoms with van der Waals surface area (Å²) >= 11 is 0. The van der Waals surface area contributed by atoms with Crippen molar-refractivity contribution in [2.24, 2.45) is 0 Å². The smallest absolute Gasteiger partial charge is 0.315 e. The van der Waals surface area contributed by atoms with Crippen molar-refractivity contribution in [1.29, 1.82) is 0 Å². The van der Waals surface area contributed by atoms with Gasteiger partial charge in [0, 0.05) is 5.56 Å². The second kappa shape index (κ2) is 4.79. The molecule has 6 heteroatoms. The molecule has 0 saturated carbocycles. The van der Waals surface area contributed by atoms with E-state index in [0.29, 0.717) is 5.56 Å². The summed E-state index contributed by atoms with van der Waals surface area (Å²) in [7, 11) is 0. The van der Waals surface area contributed by atoms with Crippen LogP contribution < -0.4 is 0 Å². The van der Waals surface area contributed by atoms with Crippen LogP contribution >= 0.6 is 0 Å². The molecule has 0 atom stereocenters. The van der Waals surface area contributed by atoms with Crippen LogP contribution in [0, 0.1) is 5.82 Å². The number of alkyl halides is 2. The number of halogens is 3. The van der Waals surface area contributed by atoms with Crippen molar-refractivity contribution in [2.45, 2.75) is 12.3 Å². The van der Waals surface area contributed by atoms with Crippen molar-refractivity contribution in [1.82, 2.24) is 0 Å². The van der Waals surface area contributed by atoms with Gasteiger partial charge in [-0.1, -0.05) is 0 Å². The lowest BCUT2D eigenvalue weighted by molar-refractivity contribution is -0.146. The van der Waals surface area contributed by atoms with Gasteiger partial charge in [0.1, 0.15) is 18.0 Å². The first kappa shape index (κ1) is 13.2. The average Bonchev–Trinajstić information content (AvgIpc) is 2.78. The number of rotatable bonds is 4. The van der Waals surface area contributed by atoms with Gasteiger partial charge in [-0.3, -0.25) is 4.79 Å². The first-order valence-electron chi connectivity index (χ1n) is 5.34. The van der Waals surface area contributed by atoms with E-state index in [2.05, 4.69) is 0 Å². The minimum absolute atomic E-state index is 0.125. The standard InChI is InChI=1S/C13H9F3O3/c14-9-3-1-8(2-4-9)10-5-6-11(19-10)13(15,16)7-12(17)18/h1-6H,7H2,(H,17,18). The number of hydrogen-bond acceptors (Lipinski definition) is 2. The normalized spacial score (nSPS) is 11.5. The molecular formula is C13H9F3O3. The molecule has 19 heavy (non-hydrogen) atoms. The fraction of sp³-hybridized carbons (Fsp3) is 0.154. The number of benzene rings is 1. The highest BCUT2D eigenvalue weighted by atomic mass is 19.3. The van der Waals surface area contributed by atoms with Gasteiger partial charge in [0.2, 0.25) is 0 Å². The Balaban J connectivity index is 2.28. The van der Waals surface area contributed by atoms with E-state index in [0.717, 1.165) is 6.07 Å². The molecule has 0 saturated heterocycles. The van der Waals surface area contributed by atoms with Gasteiger partial charge in [-0.05, 0) is 36.4 Å². The zero-order valence-electron chi connectivity index (χ0n) is 9.57. The summed E-state index contributed by atoms with van der Waals surface area (Å²) in [5, 5.41) is 8.40. The van der Waals surface area contributed by atoms with E-state index in [9.17, 15) is 18.0 Å². The quantitative estimate of drug-likeness (QED) is 0.922. The Morgan fingerprint density at radius 2 is 1.79 bits per heavy atom. The number of carboxylic acids is 1. The topological polar surface area (TPSA) is 50.4 Å². The molecule has 3 nitrogen and oxygen atoms in total. The Labute approximate surface area is 106 Å². The van der Waals surface area contributed by atoms with E-state index in [1.807, 2.05) is 0 Å². The predicted molar refractivity (Wildman–Crippen MR) is 60.2 cm³/mol. The van der Waals surface area contributed by atoms with Crippen molar-refractivity contribution >= 4 is 5.97 Å². The summed E-state index contributed by atoms with van der Waals surface area (Å²) in [6.07, 6.45) is -1.34. The molecule has 0 aliphatic carbocycles. The molecule has 0 fully saturated rings. The van der Waals surface area contributed by atoms with E-state index in [1.54, 1.807) is 0 Å². The maximum atomic E-state index is 13.5. The molecule has 1 N–H and O–H groups in total. The molecule has 0 spiro atoms. The van der Waals surface area contributed by atoms with Crippen LogP contribution in [-0.2, 0) is 10.7 Å². The Morgan fingerprint density at radius 1 is 1.16 bits per heavy atom. The Bertz CT molecular complexity index is 587. The molecule has 0 bridgehead atoms. The lowest BCUT2D eigenvalue weighted by Gasteiger charge is -2.10. The van der Waals surface area contributed by atoms with Crippen LogP contribution in [0.15, 0.2) is 40.8 Å². The highest BCUT2D eigenvalue weighted by Crippen LogP contribution is 2.35. The number of furan rings is 1. The number of hydrogen-bond donors (Lipinski definition) is 1. The zero-order chi connectivity index (χ0) is 14.0.